The fourth-order valence-electron chi connectivity index (χ4n) is 3.34. The van der Waals surface area contributed by atoms with Gasteiger partial charge in [-0.05, 0) is 36.8 Å². The monoisotopic (exact) mass is 424 g/mol. The lowest BCUT2D eigenvalue weighted by Crippen LogP contribution is -2.52. The molecule has 0 amide bonds. The Morgan fingerprint density at radius 2 is 1.87 bits per heavy atom. The number of hydrogen-bond acceptors (Lipinski definition) is 4. The second kappa shape index (κ2) is 9.99. The van der Waals surface area contributed by atoms with E-state index in [2.05, 4.69) is 20.1 Å². The van der Waals surface area contributed by atoms with Crippen LogP contribution >= 0.6 is 0 Å². The van der Waals surface area contributed by atoms with Crippen molar-refractivity contribution in [2.75, 3.05) is 39.3 Å². The summed E-state index contributed by atoms with van der Waals surface area (Å²) in [5.74, 6) is 1.22. The van der Waals surface area contributed by atoms with Crippen LogP contribution < -0.4 is 5.32 Å². The van der Waals surface area contributed by atoms with E-state index in [0.29, 0.717) is 18.8 Å². The molecule has 30 heavy (non-hydrogen) atoms. The number of aliphatic imine (C=N–C) groups is 1. The first-order valence-corrected chi connectivity index (χ1v) is 10.00. The van der Waals surface area contributed by atoms with E-state index in [4.69, 9.17) is 4.42 Å². The van der Waals surface area contributed by atoms with E-state index in [1.54, 1.807) is 12.1 Å². The number of hydrogen-bond donors (Lipinski definition) is 2. The Hall–Kier alpha value is -2.52. The number of nitrogens with zero attached hydrogens (tertiary/aromatic N) is 3. The van der Waals surface area contributed by atoms with Crippen LogP contribution in [0.3, 0.4) is 0 Å². The predicted molar refractivity (Wildman–Crippen MR) is 108 cm³/mol. The third kappa shape index (κ3) is 5.99. The van der Waals surface area contributed by atoms with Gasteiger partial charge in [-0.1, -0.05) is 12.1 Å². The molecule has 2 N–H and O–H groups in total. The summed E-state index contributed by atoms with van der Waals surface area (Å²) >= 11 is 0. The lowest BCUT2D eigenvalue weighted by Gasteiger charge is -2.36. The lowest BCUT2D eigenvalue weighted by atomic mass is 10.1. The fourth-order valence-corrected chi connectivity index (χ4v) is 3.34. The quantitative estimate of drug-likeness (QED) is 0.551. The number of benzene rings is 1. The number of aliphatic hydroxyl groups excluding tert-OH is 1. The van der Waals surface area contributed by atoms with Gasteiger partial charge in [-0.2, -0.15) is 13.2 Å². The van der Waals surface area contributed by atoms with Gasteiger partial charge < -0.3 is 19.7 Å². The van der Waals surface area contributed by atoms with Gasteiger partial charge >= 0.3 is 6.18 Å². The highest BCUT2D eigenvalue weighted by Crippen LogP contribution is 2.29. The van der Waals surface area contributed by atoms with Crippen LogP contribution in [0.2, 0.25) is 0 Å². The van der Waals surface area contributed by atoms with E-state index in [-0.39, 0.29) is 6.54 Å². The number of piperazine rings is 1. The Kier molecular flexibility index (Phi) is 7.38. The Labute approximate surface area is 174 Å². The Bertz CT molecular complexity index is 799. The topological polar surface area (TPSA) is 64.2 Å². The van der Waals surface area contributed by atoms with Crippen LogP contribution in [-0.4, -0.2) is 60.1 Å². The lowest BCUT2D eigenvalue weighted by molar-refractivity contribution is -0.137. The van der Waals surface area contributed by atoms with Gasteiger partial charge in [-0.25, -0.2) is 4.99 Å². The van der Waals surface area contributed by atoms with Crippen molar-refractivity contribution in [1.82, 2.24) is 15.1 Å². The molecule has 1 aromatic carbocycles. The summed E-state index contributed by atoms with van der Waals surface area (Å²) in [5, 5.41) is 13.4. The molecule has 0 bridgehead atoms. The normalized spacial score (nSPS) is 17.2. The smallest absolute Gasteiger partial charge is 0.416 e. The van der Waals surface area contributed by atoms with Crippen LogP contribution in [0.15, 0.2) is 52.1 Å². The second-order valence-electron chi connectivity index (χ2n) is 7.18. The zero-order valence-corrected chi connectivity index (χ0v) is 16.9. The van der Waals surface area contributed by atoms with E-state index in [0.717, 1.165) is 49.8 Å². The number of aliphatic hydroxyl groups is 1. The maximum Gasteiger partial charge on any atom is 0.416 e. The second-order valence-corrected chi connectivity index (χ2v) is 7.18. The summed E-state index contributed by atoms with van der Waals surface area (Å²) in [6.45, 7) is 6.52. The van der Waals surface area contributed by atoms with Gasteiger partial charge in [0.1, 0.15) is 11.9 Å². The highest BCUT2D eigenvalue weighted by molar-refractivity contribution is 5.80. The van der Waals surface area contributed by atoms with Crippen LogP contribution in [-0.2, 0) is 12.7 Å². The van der Waals surface area contributed by atoms with Crippen molar-refractivity contribution in [2.24, 2.45) is 4.99 Å². The van der Waals surface area contributed by atoms with E-state index < -0.39 is 17.8 Å². The van der Waals surface area contributed by atoms with E-state index >= 15 is 0 Å². The molecule has 0 radical (unpaired) electrons. The third-order valence-corrected chi connectivity index (χ3v) is 4.98. The Morgan fingerprint density at radius 3 is 2.43 bits per heavy atom. The first-order chi connectivity index (χ1) is 14.4. The molecule has 2 aromatic rings. The summed E-state index contributed by atoms with van der Waals surface area (Å²) in [6.07, 6.45) is -3.59. The number of rotatable bonds is 6. The van der Waals surface area contributed by atoms with Gasteiger partial charge in [-0.15, -0.1) is 0 Å². The summed E-state index contributed by atoms with van der Waals surface area (Å²) in [4.78, 5) is 8.87. The zero-order valence-electron chi connectivity index (χ0n) is 16.9. The van der Waals surface area contributed by atoms with Gasteiger partial charge in [0.2, 0.25) is 0 Å². The van der Waals surface area contributed by atoms with Crippen LogP contribution in [0.25, 0.3) is 0 Å². The standard InChI is InChI=1S/C21H27F3N4O2/c1-2-25-20(26-14-18(29)19-4-3-13-30-19)28-11-9-27(10-12-28)15-16-5-7-17(8-6-16)21(22,23)24/h3-8,13,18,29H,2,9-12,14-15H2,1H3,(H,25,26). The van der Waals surface area contributed by atoms with Crippen molar-refractivity contribution in [3.63, 3.8) is 0 Å². The maximum absolute atomic E-state index is 12.7. The third-order valence-electron chi connectivity index (χ3n) is 4.98. The summed E-state index contributed by atoms with van der Waals surface area (Å²) in [7, 11) is 0. The Balaban J connectivity index is 1.52. The highest BCUT2D eigenvalue weighted by Gasteiger charge is 2.30. The Morgan fingerprint density at radius 1 is 1.17 bits per heavy atom. The van der Waals surface area contributed by atoms with Crippen molar-refractivity contribution in [3.8, 4) is 0 Å². The molecule has 1 aliphatic rings. The predicted octanol–water partition coefficient (Wildman–Crippen LogP) is 3.12. The van der Waals surface area contributed by atoms with Crippen molar-refractivity contribution < 1.29 is 22.7 Å². The average Bonchev–Trinajstić information content (AvgIpc) is 3.26. The van der Waals surface area contributed by atoms with Crippen LogP contribution in [0.5, 0.6) is 0 Å². The minimum Gasteiger partial charge on any atom is -0.467 e. The molecular formula is C21H27F3N4O2. The molecule has 0 aliphatic carbocycles. The number of furan rings is 1. The number of nitrogens with one attached hydrogen (secondary N) is 1. The number of guanidine groups is 1. The minimum atomic E-state index is -4.31. The summed E-state index contributed by atoms with van der Waals surface area (Å²) < 4.78 is 43.3. The van der Waals surface area contributed by atoms with Crippen LogP contribution in [0.1, 0.15) is 29.9 Å². The van der Waals surface area contributed by atoms with E-state index in [9.17, 15) is 18.3 Å². The van der Waals surface area contributed by atoms with Crippen LogP contribution in [0.4, 0.5) is 13.2 Å². The molecule has 1 unspecified atom stereocenters. The summed E-state index contributed by atoms with van der Waals surface area (Å²) in [5.41, 5.74) is 0.234. The van der Waals surface area contributed by atoms with Gasteiger partial charge in [0.15, 0.2) is 5.96 Å². The van der Waals surface area contributed by atoms with Crippen LogP contribution in [0, 0.1) is 0 Å². The van der Waals surface area contributed by atoms with Crippen molar-refractivity contribution in [3.05, 3.63) is 59.5 Å². The van der Waals surface area contributed by atoms with Crippen molar-refractivity contribution in [1.29, 1.82) is 0 Å². The first kappa shape index (κ1) is 22.2. The van der Waals surface area contributed by atoms with E-state index in [1.165, 1.54) is 18.4 Å². The SMILES string of the molecule is CCNC(=NCC(O)c1ccco1)N1CCN(Cc2ccc(C(F)(F)F)cc2)CC1. The molecule has 0 saturated carbocycles. The molecule has 164 valence electrons. The zero-order chi connectivity index (χ0) is 21.6. The number of halogens is 3. The molecule has 1 atom stereocenters. The molecule has 1 saturated heterocycles. The maximum atomic E-state index is 12.7. The molecule has 2 heterocycles. The van der Waals surface area contributed by atoms with Gasteiger partial charge in [-0.3, -0.25) is 4.90 Å². The van der Waals surface area contributed by atoms with Crippen molar-refractivity contribution in [2.45, 2.75) is 25.7 Å². The summed E-state index contributed by atoms with van der Waals surface area (Å²) in [6, 6.07) is 8.78. The number of alkyl halides is 3. The van der Waals surface area contributed by atoms with Crippen molar-refractivity contribution >= 4 is 5.96 Å². The van der Waals surface area contributed by atoms with E-state index in [1.807, 2.05) is 6.92 Å². The first-order valence-electron chi connectivity index (χ1n) is 10.00. The molecule has 6 nitrogen and oxygen atoms in total. The van der Waals surface area contributed by atoms with Gasteiger partial charge in [0.05, 0.1) is 18.4 Å². The molecule has 3 rings (SSSR count). The van der Waals surface area contributed by atoms with Gasteiger partial charge in [0.25, 0.3) is 0 Å². The molecule has 1 aliphatic heterocycles. The fraction of sp³-hybridized carbons (Fsp3) is 0.476. The molecule has 1 aromatic heterocycles. The molecule has 0 spiro atoms. The van der Waals surface area contributed by atoms with Gasteiger partial charge in [0, 0.05) is 39.3 Å². The minimum absolute atomic E-state index is 0.196. The largest absolute Gasteiger partial charge is 0.467 e. The molecular weight excluding hydrogens is 397 g/mol. The molecule has 9 heteroatoms. The highest BCUT2D eigenvalue weighted by atomic mass is 19.4. The average molecular weight is 424 g/mol. The molecule has 1 fully saturated rings.